The van der Waals surface area contributed by atoms with E-state index >= 15 is 0 Å². The molecule has 0 aliphatic rings. The minimum Gasteiger partial charge on any atom is -0.490 e. The van der Waals surface area contributed by atoms with E-state index in [1.54, 1.807) is 26.0 Å². The van der Waals surface area contributed by atoms with Crippen molar-refractivity contribution in [2.45, 2.75) is 85.5 Å². The number of hydrogen-bond acceptors (Lipinski definition) is 6. The second kappa shape index (κ2) is 14.4. The van der Waals surface area contributed by atoms with Gasteiger partial charge in [-0.2, -0.15) is 0 Å². The number of rotatable bonds is 15. The molecule has 7 heteroatoms. The first kappa shape index (κ1) is 27.4. The first-order chi connectivity index (χ1) is 16.5. The van der Waals surface area contributed by atoms with Gasteiger partial charge in [0.2, 0.25) is 11.3 Å². The van der Waals surface area contributed by atoms with E-state index in [-0.39, 0.29) is 29.9 Å². The number of aromatic nitrogens is 1. The van der Waals surface area contributed by atoms with Gasteiger partial charge in [-0.3, -0.25) is 14.2 Å². The van der Waals surface area contributed by atoms with Gasteiger partial charge in [-0.1, -0.05) is 58.8 Å². The Kier molecular flexibility index (Phi) is 11.6. The van der Waals surface area contributed by atoms with Crippen molar-refractivity contribution in [1.29, 1.82) is 0 Å². The number of nitrogens with zero attached hydrogens (tertiary/aromatic N) is 1. The van der Waals surface area contributed by atoms with Gasteiger partial charge in [0, 0.05) is 18.7 Å². The third-order valence-corrected chi connectivity index (χ3v) is 5.69. The number of esters is 1. The largest absolute Gasteiger partial charge is 0.490 e. The number of carbonyl (C=O) groups excluding carboxylic acids is 2. The van der Waals surface area contributed by atoms with Crippen LogP contribution in [0, 0.1) is 0 Å². The van der Waals surface area contributed by atoms with E-state index in [0.717, 1.165) is 12.8 Å². The molecule has 0 bridgehead atoms. The molecule has 0 fully saturated rings. The van der Waals surface area contributed by atoms with Crippen LogP contribution in [-0.4, -0.2) is 36.3 Å². The highest BCUT2D eigenvalue weighted by Crippen LogP contribution is 2.32. The summed E-state index contributed by atoms with van der Waals surface area (Å²) in [5.74, 6) is -0.0886. The average molecular weight is 474 g/mol. The average Bonchev–Trinajstić information content (AvgIpc) is 2.83. The number of fused-ring (bicyclic) bond motifs is 1. The van der Waals surface area contributed by atoms with E-state index in [1.807, 2.05) is 6.92 Å². The monoisotopic (exact) mass is 473 g/mol. The molecule has 34 heavy (non-hydrogen) atoms. The van der Waals surface area contributed by atoms with Crippen LogP contribution in [0.15, 0.2) is 23.1 Å². The van der Waals surface area contributed by atoms with Gasteiger partial charge >= 0.3 is 5.97 Å². The maximum Gasteiger partial charge on any atom is 0.343 e. The van der Waals surface area contributed by atoms with Gasteiger partial charge < -0.3 is 14.2 Å². The molecule has 1 heterocycles. The van der Waals surface area contributed by atoms with Gasteiger partial charge in [0.05, 0.1) is 30.7 Å². The summed E-state index contributed by atoms with van der Waals surface area (Å²) in [4.78, 5) is 38.1. The number of hydrogen-bond donors (Lipinski definition) is 0. The molecular formula is C27H39NO6. The third kappa shape index (κ3) is 7.34. The quantitative estimate of drug-likeness (QED) is 0.228. The van der Waals surface area contributed by atoms with E-state index < -0.39 is 11.4 Å². The fraction of sp³-hybridized carbons (Fsp3) is 0.593. The summed E-state index contributed by atoms with van der Waals surface area (Å²) in [5, 5.41) is 0.224. The summed E-state index contributed by atoms with van der Waals surface area (Å²) in [6.07, 6.45) is 11.0. The highest BCUT2D eigenvalue weighted by molar-refractivity contribution is 5.98. The standard InChI is InChI=1S/C27H39NO6/c1-5-9-10-11-12-13-14-15-16-34-23-17-20-22(18-24(23)32-7-3)28(25(29)6-2)19-21(26(20)30)27(31)33-8-4/h17-19H,5-16H2,1-4H3. The second-order valence-corrected chi connectivity index (χ2v) is 8.28. The molecule has 188 valence electrons. The summed E-state index contributed by atoms with van der Waals surface area (Å²) in [6.45, 7) is 8.51. The SMILES string of the molecule is CCCCCCCCCCOc1cc2c(=O)c(C(=O)OCC)cn(C(=O)CC)c2cc1OCC. The van der Waals surface area contributed by atoms with Crippen LogP contribution >= 0.6 is 0 Å². The summed E-state index contributed by atoms with van der Waals surface area (Å²) >= 11 is 0. The highest BCUT2D eigenvalue weighted by Gasteiger charge is 2.21. The predicted octanol–water partition coefficient (Wildman–Crippen LogP) is 6.15. The Morgan fingerprint density at radius 1 is 0.824 bits per heavy atom. The zero-order valence-corrected chi connectivity index (χ0v) is 21.1. The van der Waals surface area contributed by atoms with Gasteiger partial charge in [-0.05, 0) is 26.3 Å². The van der Waals surface area contributed by atoms with Gasteiger partial charge in [0.1, 0.15) is 5.56 Å². The van der Waals surface area contributed by atoms with Gasteiger partial charge in [-0.15, -0.1) is 0 Å². The molecule has 2 rings (SSSR count). The molecule has 0 saturated carbocycles. The number of carbonyl (C=O) groups is 2. The molecule has 0 amide bonds. The molecule has 0 N–H and O–H groups in total. The Labute approximate surface area is 202 Å². The molecule has 0 unspecified atom stereocenters. The molecule has 0 saturated heterocycles. The van der Waals surface area contributed by atoms with Crippen molar-refractivity contribution in [2.24, 2.45) is 0 Å². The fourth-order valence-electron chi connectivity index (χ4n) is 3.86. The van der Waals surface area contributed by atoms with Crippen molar-refractivity contribution in [2.75, 3.05) is 19.8 Å². The van der Waals surface area contributed by atoms with E-state index in [9.17, 15) is 14.4 Å². The maximum absolute atomic E-state index is 13.1. The van der Waals surface area contributed by atoms with Crippen LogP contribution in [-0.2, 0) is 4.74 Å². The number of pyridine rings is 1. The first-order valence-corrected chi connectivity index (χ1v) is 12.7. The lowest BCUT2D eigenvalue weighted by Crippen LogP contribution is -2.23. The van der Waals surface area contributed by atoms with Gasteiger partial charge in [-0.25, -0.2) is 4.79 Å². The number of ether oxygens (including phenoxy) is 3. The number of unbranched alkanes of at least 4 members (excludes halogenated alkanes) is 7. The fourth-order valence-corrected chi connectivity index (χ4v) is 3.86. The maximum atomic E-state index is 13.1. The Bertz CT molecular complexity index is 1010. The van der Waals surface area contributed by atoms with Crippen LogP contribution in [0.4, 0.5) is 0 Å². The molecule has 1 aromatic heterocycles. The van der Waals surface area contributed by atoms with Crippen LogP contribution in [0.3, 0.4) is 0 Å². The van der Waals surface area contributed by atoms with Crippen molar-refractivity contribution < 1.29 is 23.8 Å². The zero-order valence-electron chi connectivity index (χ0n) is 21.1. The highest BCUT2D eigenvalue weighted by atomic mass is 16.5. The summed E-state index contributed by atoms with van der Waals surface area (Å²) in [6, 6.07) is 3.22. The lowest BCUT2D eigenvalue weighted by Gasteiger charge is -2.16. The smallest absolute Gasteiger partial charge is 0.343 e. The number of benzene rings is 1. The topological polar surface area (TPSA) is 83.8 Å². The molecule has 0 aliphatic heterocycles. The van der Waals surface area contributed by atoms with Crippen LogP contribution in [0.1, 0.15) is 101 Å². The normalized spacial score (nSPS) is 10.9. The molecule has 2 aromatic rings. The second-order valence-electron chi connectivity index (χ2n) is 8.28. The van der Waals surface area contributed by atoms with Crippen LogP contribution < -0.4 is 14.9 Å². The molecule has 7 nitrogen and oxygen atoms in total. The van der Waals surface area contributed by atoms with Crippen molar-refractivity contribution in [3.05, 3.63) is 34.1 Å². The zero-order chi connectivity index (χ0) is 24.9. The lowest BCUT2D eigenvalue weighted by atomic mass is 10.1. The minimum atomic E-state index is -0.748. The minimum absolute atomic E-state index is 0.133. The molecule has 0 radical (unpaired) electrons. The summed E-state index contributed by atoms with van der Waals surface area (Å²) in [5.41, 5.74) is -0.282. The van der Waals surface area contributed by atoms with Crippen LogP contribution in [0.25, 0.3) is 10.9 Å². The first-order valence-electron chi connectivity index (χ1n) is 12.7. The van der Waals surface area contributed by atoms with Gasteiger partial charge in [0.15, 0.2) is 11.5 Å². The van der Waals surface area contributed by atoms with Crippen molar-refractivity contribution >= 4 is 22.8 Å². The molecule has 0 aliphatic carbocycles. The Balaban J connectivity index is 2.29. The Morgan fingerprint density at radius 2 is 1.47 bits per heavy atom. The predicted molar refractivity (Wildman–Crippen MR) is 134 cm³/mol. The Hall–Kier alpha value is -2.83. The summed E-state index contributed by atoms with van der Waals surface area (Å²) in [7, 11) is 0. The molecule has 0 spiro atoms. The Morgan fingerprint density at radius 3 is 2.09 bits per heavy atom. The third-order valence-electron chi connectivity index (χ3n) is 5.69. The van der Waals surface area contributed by atoms with Crippen molar-refractivity contribution in [1.82, 2.24) is 4.57 Å². The van der Waals surface area contributed by atoms with Crippen LogP contribution in [0.2, 0.25) is 0 Å². The van der Waals surface area contributed by atoms with Crippen LogP contribution in [0.5, 0.6) is 11.5 Å². The van der Waals surface area contributed by atoms with Crippen molar-refractivity contribution in [3.8, 4) is 11.5 Å². The van der Waals surface area contributed by atoms with E-state index in [4.69, 9.17) is 14.2 Å². The van der Waals surface area contributed by atoms with E-state index in [2.05, 4.69) is 6.92 Å². The lowest BCUT2D eigenvalue weighted by molar-refractivity contribution is 0.0524. The molecule has 1 aromatic carbocycles. The molecule has 0 atom stereocenters. The molecular weight excluding hydrogens is 434 g/mol. The van der Waals surface area contributed by atoms with E-state index in [0.29, 0.717) is 30.2 Å². The summed E-state index contributed by atoms with van der Waals surface area (Å²) < 4.78 is 18.1. The van der Waals surface area contributed by atoms with E-state index in [1.165, 1.54) is 49.3 Å². The van der Waals surface area contributed by atoms with Crippen molar-refractivity contribution in [3.63, 3.8) is 0 Å². The van der Waals surface area contributed by atoms with Gasteiger partial charge in [0.25, 0.3) is 0 Å².